The molecule has 0 bridgehead atoms. The van der Waals surface area contributed by atoms with Gasteiger partial charge >= 0.3 is 0 Å². The van der Waals surface area contributed by atoms with Crippen molar-refractivity contribution in [3.05, 3.63) is 29.3 Å². The van der Waals surface area contributed by atoms with Crippen LogP contribution < -0.4 is 4.90 Å². The van der Waals surface area contributed by atoms with Gasteiger partial charge in [0.05, 0.1) is 11.3 Å². The first-order valence-electron chi connectivity index (χ1n) is 7.53. The molecule has 1 heterocycles. The van der Waals surface area contributed by atoms with E-state index in [4.69, 9.17) is 0 Å². The molecule has 0 spiro atoms. The molecule has 3 rings (SSSR count). The number of nitriles is 1. The Bertz CT molecular complexity index is 500. The monoisotopic (exact) mass is 254 g/mol. The molecule has 100 valence electrons. The number of hydrogen-bond acceptors (Lipinski definition) is 2. The number of piperidine rings is 1. The lowest BCUT2D eigenvalue weighted by atomic mass is 9.75. The first kappa shape index (κ1) is 12.5. The number of hydrogen-bond donors (Lipinski definition) is 0. The minimum absolute atomic E-state index is 0.842. The summed E-state index contributed by atoms with van der Waals surface area (Å²) < 4.78 is 0. The summed E-state index contributed by atoms with van der Waals surface area (Å²) in [5.74, 6) is 1.80. The van der Waals surface area contributed by atoms with Gasteiger partial charge in [-0.05, 0) is 49.3 Å². The Balaban J connectivity index is 1.81. The molecule has 1 aromatic carbocycles. The molecule has 2 nitrogen and oxygen atoms in total. The third-order valence-corrected chi connectivity index (χ3v) is 4.90. The smallest absolute Gasteiger partial charge is 0.101 e. The van der Waals surface area contributed by atoms with Crippen LogP contribution in [0.15, 0.2) is 18.2 Å². The van der Waals surface area contributed by atoms with Gasteiger partial charge in [-0.3, -0.25) is 0 Å². The fourth-order valence-electron chi connectivity index (χ4n) is 3.83. The lowest BCUT2D eigenvalue weighted by Crippen LogP contribution is -2.42. The summed E-state index contributed by atoms with van der Waals surface area (Å²) in [6.07, 6.45) is 6.94. The maximum absolute atomic E-state index is 9.33. The van der Waals surface area contributed by atoms with E-state index >= 15 is 0 Å². The number of nitrogens with zero attached hydrogens (tertiary/aromatic N) is 2. The number of aryl methyl sites for hydroxylation is 1. The minimum Gasteiger partial charge on any atom is -0.370 e. The van der Waals surface area contributed by atoms with Crippen molar-refractivity contribution >= 4 is 5.69 Å². The van der Waals surface area contributed by atoms with Gasteiger partial charge in [-0.25, -0.2) is 0 Å². The van der Waals surface area contributed by atoms with E-state index in [1.165, 1.54) is 37.7 Å². The Morgan fingerprint density at radius 2 is 1.95 bits per heavy atom. The van der Waals surface area contributed by atoms with Gasteiger partial charge in [0, 0.05) is 13.1 Å². The SMILES string of the molecule is Cc1ccc(N2CCC3CCCCC3C2)c(C#N)c1. The average Bonchev–Trinajstić information content (AvgIpc) is 2.46. The van der Waals surface area contributed by atoms with Gasteiger partial charge in [0.25, 0.3) is 0 Å². The van der Waals surface area contributed by atoms with Crippen molar-refractivity contribution in [1.29, 1.82) is 5.26 Å². The van der Waals surface area contributed by atoms with E-state index in [1.54, 1.807) is 0 Å². The second kappa shape index (κ2) is 5.25. The molecule has 2 aliphatic rings. The fourth-order valence-corrected chi connectivity index (χ4v) is 3.83. The normalized spacial score (nSPS) is 26.6. The maximum atomic E-state index is 9.33. The van der Waals surface area contributed by atoms with E-state index in [2.05, 4.69) is 30.0 Å². The zero-order chi connectivity index (χ0) is 13.2. The van der Waals surface area contributed by atoms with Crippen LogP contribution in [-0.2, 0) is 0 Å². The predicted octanol–water partition coefficient (Wildman–Crippen LogP) is 3.88. The van der Waals surface area contributed by atoms with Crippen LogP contribution in [0, 0.1) is 30.1 Å². The maximum Gasteiger partial charge on any atom is 0.101 e. The van der Waals surface area contributed by atoms with Gasteiger partial charge < -0.3 is 4.90 Å². The second-order valence-electron chi connectivity index (χ2n) is 6.17. The van der Waals surface area contributed by atoms with E-state index in [9.17, 15) is 5.26 Å². The Morgan fingerprint density at radius 1 is 1.16 bits per heavy atom. The molecule has 2 heteroatoms. The van der Waals surface area contributed by atoms with Gasteiger partial charge in [-0.15, -0.1) is 0 Å². The highest BCUT2D eigenvalue weighted by atomic mass is 15.1. The number of fused-ring (bicyclic) bond motifs is 1. The Kier molecular flexibility index (Phi) is 3.46. The van der Waals surface area contributed by atoms with Crippen molar-refractivity contribution in [2.24, 2.45) is 11.8 Å². The number of rotatable bonds is 1. The van der Waals surface area contributed by atoms with Gasteiger partial charge in [-0.2, -0.15) is 5.26 Å². The molecule has 0 amide bonds. The minimum atomic E-state index is 0.842. The highest BCUT2D eigenvalue weighted by Crippen LogP contribution is 2.38. The Morgan fingerprint density at radius 3 is 2.74 bits per heavy atom. The summed E-state index contributed by atoms with van der Waals surface area (Å²) >= 11 is 0. The summed E-state index contributed by atoms with van der Waals surface area (Å²) in [4.78, 5) is 2.45. The number of benzene rings is 1. The summed E-state index contributed by atoms with van der Waals surface area (Å²) in [6.45, 7) is 4.33. The summed E-state index contributed by atoms with van der Waals surface area (Å²) in [6, 6.07) is 8.64. The fraction of sp³-hybridized carbons (Fsp3) is 0.588. The third kappa shape index (κ3) is 2.47. The zero-order valence-electron chi connectivity index (χ0n) is 11.7. The van der Waals surface area contributed by atoms with Crippen LogP contribution in [0.2, 0.25) is 0 Å². The van der Waals surface area contributed by atoms with Crippen molar-refractivity contribution < 1.29 is 0 Å². The molecule has 1 aliphatic carbocycles. The summed E-state index contributed by atoms with van der Waals surface area (Å²) in [7, 11) is 0. The van der Waals surface area contributed by atoms with Gasteiger partial charge in [0.1, 0.15) is 6.07 Å². The van der Waals surface area contributed by atoms with Crippen molar-refractivity contribution in [2.45, 2.75) is 39.0 Å². The van der Waals surface area contributed by atoms with E-state index in [1.807, 2.05) is 6.07 Å². The lowest BCUT2D eigenvalue weighted by molar-refractivity contribution is 0.202. The van der Waals surface area contributed by atoms with Gasteiger partial charge in [0.2, 0.25) is 0 Å². The largest absolute Gasteiger partial charge is 0.370 e. The molecular weight excluding hydrogens is 232 g/mol. The molecule has 1 saturated carbocycles. The topological polar surface area (TPSA) is 27.0 Å². The highest BCUT2D eigenvalue weighted by molar-refractivity contribution is 5.60. The van der Waals surface area contributed by atoms with Crippen LogP contribution in [0.4, 0.5) is 5.69 Å². The van der Waals surface area contributed by atoms with E-state index < -0.39 is 0 Å². The quantitative estimate of drug-likeness (QED) is 0.760. The van der Waals surface area contributed by atoms with Crippen LogP contribution in [0.5, 0.6) is 0 Å². The van der Waals surface area contributed by atoms with E-state index in [-0.39, 0.29) is 0 Å². The first-order chi connectivity index (χ1) is 9.28. The number of anilines is 1. The van der Waals surface area contributed by atoms with Gasteiger partial charge in [-0.1, -0.05) is 25.3 Å². The van der Waals surface area contributed by atoms with E-state index in [0.29, 0.717) is 0 Å². The van der Waals surface area contributed by atoms with Crippen molar-refractivity contribution in [3.8, 4) is 6.07 Å². The molecule has 19 heavy (non-hydrogen) atoms. The van der Waals surface area contributed by atoms with Crippen LogP contribution in [0.25, 0.3) is 0 Å². The molecule has 1 aromatic rings. The summed E-state index contributed by atoms with van der Waals surface area (Å²) in [5.41, 5.74) is 3.17. The molecule has 2 fully saturated rings. The van der Waals surface area contributed by atoms with Crippen LogP contribution >= 0.6 is 0 Å². The zero-order valence-corrected chi connectivity index (χ0v) is 11.7. The standard InChI is InChI=1S/C17H22N2/c1-13-6-7-17(16(10-13)11-18)19-9-8-14-4-2-3-5-15(14)12-19/h6-7,10,14-15H,2-5,8-9,12H2,1H3. The predicted molar refractivity (Wildman–Crippen MR) is 78.2 cm³/mol. The lowest BCUT2D eigenvalue weighted by Gasteiger charge is -2.42. The third-order valence-electron chi connectivity index (χ3n) is 4.90. The molecule has 1 saturated heterocycles. The van der Waals surface area contributed by atoms with Crippen LogP contribution in [-0.4, -0.2) is 13.1 Å². The van der Waals surface area contributed by atoms with E-state index in [0.717, 1.165) is 36.2 Å². The van der Waals surface area contributed by atoms with Crippen molar-refractivity contribution in [1.82, 2.24) is 0 Å². The molecule has 1 aliphatic heterocycles. The second-order valence-corrected chi connectivity index (χ2v) is 6.17. The molecular formula is C17H22N2. The van der Waals surface area contributed by atoms with Crippen molar-refractivity contribution in [2.75, 3.05) is 18.0 Å². The Labute approximate surface area is 116 Å². The molecule has 2 unspecified atom stereocenters. The molecule has 2 atom stereocenters. The molecule has 0 aromatic heterocycles. The first-order valence-corrected chi connectivity index (χ1v) is 7.53. The molecule has 0 N–H and O–H groups in total. The van der Waals surface area contributed by atoms with Crippen LogP contribution in [0.3, 0.4) is 0 Å². The van der Waals surface area contributed by atoms with Crippen LogP contribution in [0.1, 0.15) is 43.2 Å². The highest BCUT2D eigenvalue weighted by Gasteiger charge is 2.31. The average molecular weight is 254 g/mol. The summed E-state index contributed by atoms with van der Waals surface area (Å²) in [5, 5.41) is 9.33. The van der Waals surface area contributed by atoms with Crippen molar-refractivity contribution in [3.63, 3.8) is 0 Å². The Hall–Kier alpha value is -1.49. The van der Waals surface area contributed by atoms with Gasteiger partial charge in [0.15, 0.2) is 0 Å². The molecule has 0 radical (unpaired) electrons.